The van der Waals surface area contributed by atoms with Gasteiger partial charge >= 0.3 is 0 Å². The number of carbonyl (C=O) groups excluding carboxylic acids is 1. The Morgan fingerprint density at radius 3 is 2.52 bits per heavy atom. The Balaban J connectivity index is 2.04. The van der Waals surface area contributed by atoms with Crippen molar-refractivity contribution in [3.05, 3.63) is 35.3 Å². The highest BCUT2D eigenvalue weighted by atomic mass is 32.1. The zero-order chi connectivity index (χ0) is 16.9. The summed E-state index contributed by atoms with van der Waals surface area (Å²) in [6, 6.07) is 7.61. The van der Waals surface area contributed by atoms with E-state index >= 15 is 0 Å². The van der Waals surface area contributed by atoms with Crippen LogP contribution in [0.2, 0.25) is 0 Å². The van der Waals surface area contributed by atoms with Crippen LogP contribution < -0.4 is 15.8 Å². The van der Waals surface area contributed by atoms with E-state index in [0.29, 0.717) is 11.4 Å². The summed E-state index contributed by atoms with van der Waals surface area (Å²) < 4.78 is 5.14. The van der Waals surface area contributed by atoms with Gasteiger partial charge in [0, 0.05) is 17.6 Å². The van der Waals surface area contributed by atoms with Crippen molar-refractivity contribution in [3.63, 3.8) is 0 Å². The molecule has 5 nitrogen and oxygen atoms in total. The van der Waals surface area contributed by atoms with Crippen molar-refractivity contribution in [2.45, 2.75) is 32.2 Å². The number of benzene rings is 1. The number of nitrogens with zero attached hydrogens (tertiary/aromatic N) is 1. The Morgan fingerprint density at radius 1 is 1.30 bits per heavy atom. The van der Waals surface area contributed by atoms with Crippen molar-refractivity contribution in [1.82, 2.24) is 10.3 Å². The van der Waals surface area contributed by atoms with Crippen LogP contribution in [0.1, 0.15) is 36.4 Å². The van der Waals surface area contributed by atoms with Crippen LogP contribution >= 0.6 is 11.3 Å². The van der Waals surface area contributed by atoms with Crippen LogP contribution in [0, 0.1) is 0 Å². The Hall–Kier alpha value is -1.92. The fourth-order valence-electron chi connectivity index (χ4n) is 2.09. The van der Waals surface area contributed by atoms with E-state index < -0.39 is 0 Å². The molecular weight excluding hydrogens is 310 g/mol. The summed E-state index contributed by atoms with van der Waals surface area (Å²) in [4.78, 5) is 17.2. The highest BCUT2D eigenvalue weighted by Crippen LogP contribution is 2.26. The molecule has 0 fully saturated rings. The summed E-state index contributed by atoms with van der Waals surface area (Å²) in [5, 5.41) is 3.72. The number of methoxy groups -OCH3 is 1. The van der Waals surface area contributed by atoms with E-state index in [1.165, 1.54) is 11.3 Å². The molecule has 2 aromatic rings. The molecule has 1 amide bonds. The van der Waals surface area contributed by atoms with Crippen molar-refractivity contribution in [3.8, 4) is 16.3 Å². The SMILES string of the molecule is CCC(N)(CC)CNC(=O)c1cnc(-c2ccc(OC)cc2)s1. The quantitative estimate of drug-likeness (QED) is 0.816. The Bertz CT molecular complexity index is 648. The molecule has 1 aromatic carbocycles. The van der Waals surface area contributed by atoms with Crippen LogP contribution in [0.3, 0.4) is 0 Å². The van der Waals surface area contributed by atoms with E-state index in [9.17, 15) is 4.79 Å². The lowest BCUT2D eigenvalue weighted by molar-refractivity contribution is 0.0946. The maximum atomic E-state index is 12.3. The van der Waals surface area contributed by atoms with Crippen LogP contribution in [0.25, 0.3) is 10.6 Å². The lowest BCUT2D eigenvalue weighted by Gasteiger charge is -2.26. The molecular formula is C17H23N3O2S. The van der Waals surface area contributed by atoms with Crippen molar-refractivity contribution in [2.24, 2.45) is 5.73 Å². The van der Waals surface area contributed by atoms with E-state index in [1.54, 1.807) is 13.3 Å². The molecule has 0 aliphatic carbocycles. The number of aromatic nitrogens is 1. The fraction of sp³-hybridized carbons (Fsp3) is 0.412. The van der Waals surface area contributed by atoms with Gasteiger partial charge in [0.15, 0.2) is 0 Å². The lowest BCUT2D eigenvalue weighted by atomic mass is 9.94. The Kier molecular flexibility index (Phi) is 5.74. The van der Waals surface area contributed by atoms with Gasteiger partial charge in [0.2, 0.25) is 0 Å². The molecule has 1 heterocycles. The molecule has 124 valence electrons. The minimum atomic E-state index is -0.348. The molecule has 0 aliphatic rings. The van der Waals surface area contributed by atoms with Gasteiger partial charge < -0.3 is 15.8 Å². The maximum absolute atomic E-state index is 12.3. The van der Waals surface area contributed by atoms with Crippen molar-refractivity contribution >= 4 is 17.2 Å². The fourth-order valence-corrected chi connectivity index (χ4v) is 2.93. The van der Waals surface area contributed by atoms with E-state index in [2.05, 4.69) is 10.3 Å². The number of nitrogens with one attached hydrogen (secondary N) is 1. The van der Waals surface area contributed by atoms with Crippen LogP contribution in [0.15, 0.2) is 30.5 Å². The normalized spacial score (nSPS) is 11.3. The van der Waals surface area contributed by atoms with Gasteiger partial charge in [-0.1, -0.05) is 13.8 Å². The first-order valence-electron chi connectivity index (χ1n) is 7.68. The number of hydrogen-bond donors (Lipinski definition) is 2. The van der Waals surface area contributed by atoms with Gasteiger partial charge in [-0.25, -0.2) is 4.98 Å². The van der Waals surface area contributed by atoms with Gasteiger partial charge in [0.25, 0.3) is 5.91 Å². The molecule has 0 saturated heterocycles. The summed E-state index contributed by atoms with van der Waals surface area (Å²) >= 11 is 1.37. The summed E-state index contributed by atoms with van der Waals surface area (Å²) in [6.45, 7) is 4.53. The second kappa shape index (κ2) is 7.57. The van der Waals surface area contributed by atoms with Crippen LogP contribution in [-0.4, -0.2) is 30.1 Å². The molecule has 0 unspecified atom stereocenters. The largest absolute Gasteiger partial charge is 0.497 e. The minimum absolute atomic E-state index is 0.126. The van der Waals surface area contributed by atoms with Gasteiger partial charge in [-0.2, -0.15) is 0 Å². The number of carbonyl (C=O) groups is 1. The van der Waals surface area contributed by atoms with Gasteiger partial charge in [-0.05, 0) is 37.1 Å². The first kappa shape index (κ1) is 17.4. The average molecular weight is 333 g/mol. The number of hydrogen-bond acceptors (Lipinski definition) is 5. The minimum Gasteiger partial charge on any atom is -0.497 e. The van der Waals surface area contributed by atoms with Crippen LogP contribution in [0.4, 0.5) is 0 Å². The Labute approximate surface area is 140 Å². The third-order valence-corrected chi connectivity index (χ3v) is 5.12. The molecule has 0 radical (unpaired) electrons. The zero-order valence-corrected chi connectivity index (χ0v) is 14.6. The second-order valence-electron chi connectivity index (χ2n) is 5.51. The first-order valence-corrected chi connectivity index (χ1v) is 8.50. The van der Waals surface area contributed by atoms with Crippen LogP contribution in [-0.2, 0) is 0 Å². The first-order chi connectivity index (χ1) is 11.0. The molecule has 0 atom stereocenters. The van der Waals surface area contributed by atoms with Crippen LogP contribution in [0.5, 0.6) is 5.75 Å². The van der Waals surface area contributed by atoms with Gasteiger partial charge in [-0.15, -0.1) is 11.3 Å². The summed E-state index contributed by atoms with van der Waals surface area (Å²) in [6.07, 6.45) is 3.25. The number of nitrogens with two attached hydrogens (primary N) is 1. The zero-order valence-electron chi connectivity index (χ0n) is 13.8. The smallest absolute Gasteiger partial charge is 0.263 e. The highest BCUT2D eigenvalue weighted by molar-refractivity contribution is 7.16. The van der Waals surface area contributed by atoms with E-state index in [0.717, 1.165) is 29.2 Å². The van der Waals surface area contributed by atoms with E-state index in [4.69, 9.17) is 10.5 Å². The van der Waals surface area contributed by atoms with Crippen molar-refractivity contribution < 1.29 is 9.53 Å². The number of rotatable bonds is 7. The molecule has 3 N–H and O–H groups in total. The molecule has 0 spiro atoms. The predicted octanol–water partition coefficient (Wildman–Crippen LogP) is 3.07. The van der Waals surface area contributed by atoms with Crippen molar-refractivity contribution in [2.75, 3.05) is 13.7 Å². The standard InChI is InChI=1S/C17H23N3O2S/c1-4-17(18,5-2)11-20-15(21)14-10-19-16(23-14)12-6-8-13(22-3)9-7-12/h6-10H,4-5,11,18H2,1-3H3,(H,20,21). The summed E-state index contributed by atoms with van der Waals surface area (Å²) in [7, 11) is 1.63. The number of ether oxygens (including phenoxy) is 1. The monoisotopic (exact) mass is 333 g/mol. The summed E-state index contributed by atoms with van der Waals surface area (Å²) in [5.41, 5.74) is 6.82. The number of amides is 1. The number of thiazole rings is 1. The third kappa shape index (κ3) is 4.30. The van der Waals surface area contributed by atoms with Gasteiger partial charge in [0.05, 0.1) is 13.3 Å². The average Bonchev–Trinajstić information content (AvgIpc) is 3.09. The van der Waals surface area contributed by atoms with Crippen molar-refractivity contribution in [1.29, 1.82) is 0 Å². The molecule has 2 rings (SSSR count). The van der Waals surface area contributed by atoms with Gasteiger partial charge in [0.1, 0.15) is 15.6 Å². The molecule has 23 heavy (non-hydrogen) atoms. The van der Waals surface area contributed by atoms with Gasteiger partial charge in [-0.3, -0.25) is 4.79 Å². The Morgan fingerprint density at radius 2 is 1.96 bits per heavy atom. The third-order valence-electron chi connectivity index (χ3n) is 4.08. The highest BCUT2D eigenvalue weighted by Gasteiger charge is 2.22. The molecule has 0 bridgehead atoms. The summed E-state index contributed by atoms with van der Waals surface area (Å²) in [5.74, 6) is 0.667. The topological polar surface area (TPSA) is 77.2 Å². The second-order valence-corrected chi connectivity index (χ2v) is 6.54. The molecule has 1 aromatic heterocycles. The molecule has 0 saturated carbocycles. The molecule has 0 aliphatic heterocycles. The van der Waals surface area contributed by atoms with E-state index in [-0.39, 0.29) is 11.4 Å². The maximum Gasteiger partial charge on any atom is 0.263 e. The lowest BCUT2D eigenvalue weighted by Crippen LogP contribution is -2.49. The predicted molar refractivity (Wildman–Crippen MR) is 93.9 cm³/mol. The van der Waals surface area contributed by atoms with E-state index in [1.807, 2.05) is 38.1 Å². The molecule has 6 heteroatoms.